The topological polar surface area (TPSA) is 61.0 Å². The predicted octanol–water partition coefficient (Wildman–Crippen LogP) is 2.71. The monoisotopic (exact) mass is 386 g/mol. The zero-order valence-corrected chi connectivity index (χ0v) is 16.6. The first-order valence-corrected chi connectivity index (χ1v) is 9.72. The maximum absolute atomic E-state index is 5.66. The molecule has 0 radical (unpaired) electrons. The Kier molecular flexibility index (Phi) is 8.11. The van der Waals surface area contributed by atoms with Crippen molar-refractivity contribution in [1.29, 1.82) is 0 Å². The van der Waals surface area contributed by atoms with E-state index in [1.807, 2.05) is 24.3 Å². The van der Waals surface area contributed by atoms with Crippen molar-refractivity contribution in [3.05, 3.63) is 59.7 Å². The summed E-state index contributed by atoms with van der Waals surface area (Å²) in [5, 5.41) is 7.33. The second-order valence-electron chi connectivity index (χ2n) is 6.64. The van der Waals surface area contributed by atoms with Gasteiger partial charge < -0.3 is 29.6 Å². The van der Waals surface area contributed by atoms with Gasteiger partial charge >= 0.3 is 0 Å². The lowest BCUT2D eigenvalue weighted by atomic mass is 9.92. The number of ether oxygens (including phenoxy) is 4. The first-order chi connectivity index (χ1) is 13.8. The smallest absolute Gasteiger partial charge is 0.119 e. The van der Waals surface area contributed by atoms with Crippen LogP contribution in [0.3, 0.4) is 0 Å². The lowest BCUT2D eigenvalue weighted by molar-refractivity contribution is 0.0447. The molecule has 2 aromatic carbocycles. The number of hydrogen-bond acceptors (Lipinski definition) is 6. The van der Waals surface area contributed by atoms with Crippen molar-refractivity contribution in [2.75, 3.05) is 53.7 Å². The molecule has 6 heteroatoms. The van der Waals surface area contributed by atoms with Crippen molar-refractivity contribution >= 4 is 0 Å². The number of methoxy groups -OCH3 is 2. The Morgan fingerprint density at radius 3 is 1.61 bits per heavy atom. The number of hydrogen-bond donors (Lipinski definition) is 2. The third-order valence-electron chi connectivity index (χ3n) is 4.83. The molecule has 6 nitrogen and oxygen atoms in total. The van der Waals surface area contributed by atoms with Crippen LogP contribution in [0.1, 0.15) is 23.2 Å². The summed E-state index contributed by atoms with van der Waals surface area (Å²) >= 11 is 0. The summed E-state index contributed by atoms with van der Waals surface area (Å²) in [6.07, 6.45) is 0. The quantitative estimate of drug-likeness (QED) is 0.843. The summed E-state index contributed by atoms with van der Waals surface area (Å²) in [6.45, 7) is 3.98. The molecule has 28 heavy (non-hydrogen) atoms. The molecular formula is C22H30N2O4. The molecule has 0 spiro atoms. The van der Waals surface area contributed by atoms with E-state index >= 15 is 0 Å². The van der Waals surface area contributed by atoms with E-state index in [0.717, 1.165) is 35.7 Å². The minimum Gasteiger partial charge on any atom is -0.497 e. The molecule has 2 N–H and O–H groups in total. The largest absolute Gasteiger partial charge is 0.497 e. The summed E-state index contributed by atoms with van der Waals surface area (Å²) < 4.78 is 22.2. The van der Waals surface area contributed by atoms with E-state index in [9.17, 15) is 0 Å². The van der Waals surface area contributed by atoms with Crippen LogP contribution in [0, 0.1) is 0 Å². The van der Waals surface area contributed by atoms with Gasteiger partial charge in [0.05, 0.1) is 52.7 Å². The summed E-state index contributed by atoms with van der Waals surface area (Å²) in [4.78, 5) is 0. The Balaban J connectivity index is 1.94. The molecule has 152 valence electrons. The van der Waals surface area contributed by atoms with Crippen molar-refractivity contribution < 1.29 is 18.9 Å². The van der Waals surface area contributed by atoms with E-state index in [0.29, 0.717) is 26.4 Å². The van der Waals surface area contributed by atoms with Crippen LogP contribution in [0.2, 0.25) is 0 Å². The molecule has 0 aliphatic carbocycles. The van der Waals surface area contributed by atoms with E-state index in [4.69, 9.17) is 18.9 Å². The molecule has 0 saturated carbocycles. The van der Waals surface area contributed by atoms with Crippen molar-refractivity contribution in [3.8, 4) is 11.5 Å². The van der Waals surface area contributed by atoms with Gasteiger partial charge in [-0.15, -0.1) is 0 Å². The maximum atomic E-state index is 5.66. The van der Waals surface area contributed by atoms with Crippen LogP contribution in [0.15, 0.2) is 48.5 Å². The van der Waals surface area contributed by atoms with E-state index in [-0.39, 0.29) is 12.1 Å². The fourth-order valence-corrected chi connectivity index (χ4v) is 3.42. The van der Waals surface area contributed by atoms with Gasteiger partial charge in [-0.2, -0.15) is 0 Å². The molecule has 0 aromatic heterocycles. The normalized spacial score (nSPS) is 21.9. The molecule has 0 amide bonds. The van der Waals surface area contributed by atoms with Gasteiger partial charge in [0.15, 0.2) is 0 Å². The summed E-state index contributed by atoms with van der Waals surface area (Å²) in [7, 11) is 3.38. The Morgan fingerprint density at radius 1 is 0.714 bits per heavy atom. The van der Waals surface area contributed by atoms with Gasteiger partial charge in [0.25, 0.3) is 0 Å². The zero-order valence-electron chi connectivity index (χ0n) is 16.6. The minimum absolute atomic E-state index is 0.0326. The average molecular weight is 386 g/mol. The third kappa shape index (κ3) is 5.69. The Hall–Kier alpha value is -2.12. The first-order valence-electron chi connectivity index (χ1n) is 9.72. The highest BCUT2D eigenvalue weighted by Gasteiger charge is 2.25. The minimum atomic E-state index is 0.0326. The number of nitrogens with one attached hydrogen (secondary N) is 2. The first kappa shape index (κ1) is 20.6. The van der Waals surface area contributed by atoms with Crippen LogP contribution >= 0.6 is 0 Å². The fraction of sp³-hybridized carbons (Fsp3) is 0.455. The number of rotatable bonds is 4. The summed E-state index contributed by atoms with van der Waals surface area (Å²) in [6, 6.07) is 16.4. The molecule has 3 rings (SSSR count). The summed E-state index contributed by atoms with van der Waals surface area (Å²) in [5.41, 5.74) is 2.30. The van der Waals surface area contributed by atoms with E-state index < -0.39 is 0 Å². The standard InChI is InChI=1S/C22H30N2O4/c1-25-19-7-3-5-17(15-19)21-22(18-6-4-8-20(16-18)26-2)24-10-12-28-14-13-27-11-9-23-21/h3-8,15-16,21-24H,9-14H2,1-2H3/t21-,22-/m1/s1. The van der Waals surface area contributed by atoms with Gasteiger partial charge in [0.2, 0.25) is 0 Å². The van der Waals surface area contributed by atoms with Crippen molar-refractivity contribution in [3.63, 3.8) is 0 Å². The zero-order chi connectivity index (χ0) is 19.6. The third-order valence-corrected chi connectivity index (χ3v) is 4.83. The predicted molar refractivity (Wildman–Crippen MR) is 109 cm³/mol. The highest BCUT2D eigenvalue weighted by Crippen LogP contribution is 2.32. The molecule has 0 unspecified atom stereocenters. The van der Waals surface area contributed by atoms with Crippen LogP contribution in [0.5, 0.6) is 11.5 Å². The molecule has 1 aliphatic rings. The van der Waals surface area contributed by atoms with Crippen molar-refractivity contribution in [1.82, 2.24) is 10.6 Å². The maximum Gasteiger partial charge on any atom is 0.119 e. The average Bonchev–Trinajstić information content (AvgIpc) is 2.74. The SMILES string of the molecule is COc1cccc([C@H]2NCCOCCOCCN[C@@H]2c2cccc(OC)c2)c1. The van der Waals surface area contributed by atoms with Crippen LogP contribution in [-0.4, -0.2) is 53.7 Å². The summed E-state index contributed by atoms with van der Waals surface area (Å²) in [5.74, 6) is 1.68. The van der Waals surface area contributed by atoms with Gasteiger partial charge in [-0.1, -0.05) is 24.3 Å². The van der Waals surface area contributed by atoms with Gasteiger partial charge in [-0.3, -0.25) is 0 Å². The van der Waals surface area contributed by atoms with E-state index in [1.54, 1.807) is 14.2 Å². The van der Waals surface area contributed by atoms with Crippen LogP contribution in [-0.2, 0) is 9.47 Å². The van der Waals surface area contributed by atoms with Gasteiger partial charge in [-0.05, 0) is 35.4 Å². The molecule has 1 heterocycles. The Morgan fingerprint density at radius 2 is 1.18 bits per heavy atom. The molecule has 1 aliphatic heterocycles. The lowest BCUT2D eigenvalue weighted by Gasteiger charge is -2.31. The van der Waals surface area contributed by atoms with E-state index in [2.05, 4.69) is 34.9 Å². The van der Waals surface area contributed by atoms with Gasteiger partial charge in [0, 0.05) is 13.1 Å². The second kappa shape index (κ2) is 11.0. The molecule has 1 fully saturated rings. The Labute approximate surface area is 167 Å². The lowest BCUT2D eigenvalue weighted by Crippen LogP contribution is -2.38. The molecule has 0 bridgehead atoms. The second-order valence-corrected chi connectivity index (χ2v) is 6.64. The Bertz CT molecular complexity index is 664. The van der Waals surface area contributed by atoms with Crippen molar-refractivity contribution in [2.45, 2.75) is 12.1 Å². The molecule has 2 aromatic rings. The van der Waals surface area contributed by atoms with Crippen LogP contribution in [0.25, 0.3) is 0 Å². The van der Waals surface area contributed by atoms with Crippen molar-refractivity contribution in [2.24, 2.45) is 0 Å². The van der Waals surface area contributed by atoms with Crippen LogP contribution in [0.4, 0.5) is 0 Å². The fourth-order valence-electron chi connectivity index (χ4n) is 3.42. The number of benzene rings is 2. The highest BCUT2D eigenvalue weighted by molar-refractivity contribution is 5.36. The molecule has 1 saturated heterocycles. The highest BCUT2D eigenvalue weighted by atomic mass is 16.5. The van der Waals surface area contributed by atoms with Gasteiger partial charge in [0.1, 0.15) is 11.5 Å². The molecular weight excluding hydrogens is 356 g/mol. The van der Waals surface area contributed by atoms with Crippen LogP contribution < -0.4 is 20.1 Å². The van der Waals surface area contributed by atoms with Gasteiger partial charge in [-0.25, -0.2) is 0 Å². The molecule has 2 atom stereocenters. The van der Waals surface area contributed by atoms with E-state index in [1.165, 1.54) is 0 Å².